The lowest BCUT2D eigenvalue weighted by Gasteiger charge is -2.34. The van der Waals surface area contributed by atoms with Gasteiger partial charge in [0, 0.05) is 30.9 Å². The number of carbonyl (C=O) groups is 2. The fourth-order valence-corrected chi connectivity index (χ4v) is 3.84. The van der Waals surface area contributed by atoms with Gasteiger partial charge in [0.05, 0.1) is 6.10 Å². The Balaban J connectivity index is 1.75. The summed E-state index contributed by atoms with van der Waals surface area (Å²) < 4.78 is 0. The van der Waals surface area contributed by atoms with E-state index in [9.17, 15) is 14.7 Å². The first-order valence-electron chi connectivity index (χ1n) is 9.05. The predicted octanol–water partition coefficient (Wildman–Crippen LogP) is 2.38. The van der Waals surface area contributed by atoms with Crippen molar-refractivity contribution >= 4 is 17.5 Å². The number of rotatable bonds is 3. The van der Waals surface area contributed by atoms with Crippen LogP contribution in [-0.4, -0.2) is 47.6 Å². The van der Waals surface area contributed by atoms with Crippen LogP contribution in [0, 0.1) is 5.92 Å². The van der Waals surface area contributed by atoms with Crippen molar-refractivity contribution in [3.8, 4) is 0 Å². The Morgan fingerprint density at radius 3 is 2.64 bits per heavy atom. The van der Waals surface area contributed by atoms with Crippen molar-refractivity contribution in [1.82, 2.24) is 4.90 Å². The van der Waals surface area contributed by atoms with Gasteiger partial charge in [0.25, 0.3) is 5.91 Å². The smallest absolute Gasteiger partial charge is 0.253 e. The van der Waals surface area contributed by atoms with E-state index in [-0.39, 0.29) is 23.8 Å². The molecule has 2 aliphatic rings. The maximum absolute atomic E-state index is 12.8. The van der Waals surface area contributed by atoms with Crippen LogP contribution in [0.2, 0.25) is 0 Å². The van der Waals surface area contributed by atoms with Crippen LogP contribution in [0.3, 0.4) is 0 Å². The highest BCUT2D eigenvalue weighted by Gasteiger charge is 2.27. The number of anilines is 1. The van der Waals surface area contributed by atoms with Crippen molar-refractivity contribution in [2.75, 3.05) is 24.5 Å². The Morgan fingerprint density at radius 2 is 2.00 bits per heavy atom. The van der Waals surface area contributed by atoms with E-state index in [2.05, 4.69) is 6.58 Å². The minimum atomic E-state index is -0.311. The summed E-state index contributed by atoms with van der Waals surface area (Å²) in [6.45, 7) is 7.45. The lowest BCUT2D eigenvalue weighted by molar-refractivity contribution is -0.114. The first kappa shape index (κ1) is 17.7. The molecule has 3 rings (SSSR count). The Kier molecular flexibility index (Phi) is 5.23. The van der Waals surface area contributed by atoms with Crippen LogP contribution in [-0.2, 0) is 11.2 Å². The number of likely N-dealkylation sites (tertiary alicyclic amines) is 1. The van der Waals surface area contributed by atoms with Crippen molar-refractivity contribution < 1.29 is 14.7 Å². The second-order valence-electron chi connectivity index (χ2n) is 7.01. The lowest BCUT2D eigenvalue weighted by Crippen LogP contribution is -2.41. The number of carbonyl (C=O) groups excluding carboxylic acids is 2. The molecule has 134 valence electrons. The first-order chi connectivity index (χ1) is 12.0. The zero-order chi connectivity index (χ0) is 18.0. The summed E-state index contributed by atoms with van der Waals surface area (Å²) in [6.07, 6.45) is 4.48. The van der Waals surface area contributed by atoms with Crippen LogP contribution in [0.5, 0.6) is 0 Å². The molecule has 1 aromatic carbocycles. The molecule has 0 bridgehead atoms. The van der Waals surface area contributed by atoms with Crippen molar-refractivity contribution in [2.24, 2.45) is 5.92 Å². The highest BCUT2D eigenvalue weighted by atomic mass is 16.3. The summed E-state index contributed by atoms with van der Waals surface area (Å²) in [5, 5.41) is 9.70. The van der Waals surface area contributed by atoms with E-state index < -0.39 is 0 Å². The van der Waals surface area contributed by atoms with Crippen LogP contribution >= 0.6 is 0 Å². The third-order valence-electron chi connectivity index (χ3n) is 5.39. The Bertz CT molecular complexity index is 676. The predicted molar refractivity (Wildman–Crippen MR) is 97.6 cm³/mol. The van der Waals surface area contributed by atoms with E-state index in [0.29, 0.717) is 25.2 Å². The molecule has 2 heterocycles. The second-order valence-corrected chi connectivity index (χ2v) is 7.01. The first-order valence-corrected chi connectivity index (χ1v) is 9.05. The summed E-state index contributed by atoms with van der Waals surface area (Å²) in [6, 6.07) is 5.63. The molecule has 2 amide bonds. The minimum Gasteiger partial charge on any atom is -0.393 e. The summed E-state index contributed by atoms with van der Waals surface area (Å²) in [4.78, 5) is 28.4. The SMILES string of the molecule is C=CC(=O)N1CCCc2cc(C(=O)N3CCC([C@H](C)O)CC3)ccc21. The van der Waals surface area contributed by atoms with Crippen LogP contribution in [0.25, 0.3) is 0 Å². The number of aliphatic hydroxyl groups is 1. The van der Waals surface area contributed by atoms with Gasteiger partial charge in [-0.15, -0.1) is 0 Å². The van der Waals surface area contributed by atoms with Gasteiger partial charge in [0.1, 0.15) is 0 Å². The third-order valence-corrected chi connectivity index (χ3v) is 5.39. The van der Waals surface area contributed by atoms with Gasteiger partial charge in [-0.1, -0.05) is 6.58 Å². The molecule has 0 spiro atoms. The third kappa shape index (κ3) is 3.61. The number of hydrogen-bond acceptors (Lipinski definition) is 3. The van der Waals surface area contributed by atoms with E-state index in [1.54, 1.807) is 4.90 Å². The zero-order valence-corrected chi connectivity index (χ0v) is 14.8. The number of amides is 2. The summed E-state index contributed by atoms with van der Waals surface area (Å²) in [7, 11) is 0. The van der Waals surface area contributed by atoms with Gasteiger partial charge in [-0.05, 0) is 68.4 Å². The molecule has 0 radical (unpaired) electrons. The summed E-state index contributed by atoms with van der Waals surface area (Å²) in [5.74, 6) is 0.227. The van der Waals surface area contributed by atoms with Gasteiger partial charge in [-0.3, -0.25) is 9.59 Å². The second kappa shape index (κ2) is 7.40. The molecule has 0 unspecified atom stereocenters. The number of benzene rings is 1. The average molecular weight is 342 g/mol. The maximum atomic E-state index is 12.8. The molecule has 0 aliphatic carbocycles. The van der Waals surface area contributed by atoms with Crippen molar-refractivity contribution in [3.05, 3.63) is 42.0 Å². The Hall–Kier alpha value is -2.14. The molecule has 1 aromatic rings. The minimum absolute atomic E-state index is 0.0408. The van der Waals surface area contributed by atoms with Gasteiger partial charge in [0.2, 0.25) is 5.91 Å². The fourth-order valence-electron chi connectivity index (χ4n) is 3.84. The van der Waals surface area contributed by atoms with Crippen molar-refractivity contribution in [2.45, 2.75) is 38.7 Å². The van der Waals surface area contributed by atoms with Crippen LogP contribution in [0.15, 0.2) is 30.9 Å². The molecule has 5 heteroatoms. The van der Waals surface area contributed by atoms with E-state index in [1.165, 1.54) is 6.08 Å². The lowest BCUT2D eigenvalue weighted by atomic mass is 9.91. The fraction of sp³-hybridized carbons (Fsp3) is 0.500. The molecule has 1 N–H and O–H groups in total. The van der Waals surface area contributed by atoms with E-state index in [1.807, 2.05) is 30.0 Å². The summed E-state index contributed by atoms with van der Waals surface area (Å²) >= 11 is 0. The van der Waals surface area contributed by atoms with E-state index >= 15 is 0 Å². The molecule has 1 atom stereocenters. The van der Waals surface area contributed by atoms with E-state index in [0.717, 1.165) is 36.9 Å². The topological polar surface area (TPSA) is 60.9 Å². The number of aryl methyl sites for hydroxylation is 1. The Morgan fingerprint density at radius 1 is 1.28 bits per heavy atom. The average Bonchev–Trinajstić information content (AvgIpc) is 2.65. The quantitative estimate of drug-likeness (QED) is 0.858. The number of fused-ring (bicyclic) bond motifs is 1. The van der Waals surface area contributed by atoms with Crippen LogP contribution in [0.1, 0.15) is 42.1 Å². The number of aliphatic hydroxyl groups excluding tert-OH is 1. The van der Waals surface area contributed by atoms with E-state index in [4.69, 9.17) is 0 Å². The zero-order valence-electron chi connectivity index (χ0n) is 14.8. The highest BCUT2D eigenvalue weighted by molar-refractivity contribution is 6.02. The molecule has 2 aliphatic heterocycles. The molecule has 0 saturated carbocycles. The van der Waals surface area contributed by atoms with Gasteiger partial charge in [-0.2, -0.15) is 0 Å². The van der Waals surface area contributed by atoms with Crippen LogP contribution < -0.4 is 4.90 Å². The maximum Gasteiger partial charge on any atom is 0.253 e. The van der Waals surface area contributed by atoms with Crippen LogP contribution in [0.4, 0.5) is 5.69 Å². The van der Waals surface area contributed by atoms with Gasteiger partial charge in [-0.25, -0.2) is 0 Å². The standard InChI is InChI=1S/C20H26N2O3/c1-3-19(24)22-10-4-5-16-13-17(6-7-18(16)22)20(25)21-11-8-15(9-12-21)14(2)23/h3,6-7,13-15,23H,1,4-5,8-12H2,2H3/t14-/m0/s1. The monoisotopic (exact) mass is 342 g/mol. The largest absolute Gasteiger partial charge is 0.393 e. The molecular formula is C20H26N2O3. The van der Waals surface area contributed by atoms with Gasteiger partial charge < -0.3 is 14.9 Å². The molecule has 25 heavy (non-hydrogen) atoms. The number of piperidine rings is 1. The molecule has 1 fully saturated rings. The molecule has 0 aromatic heterocycles. The van der Waals surface area contributed by atoms with Crippen molar-refractivity contribution in [3.63, 3.8) is 0 Å². The molecule has 5 nitrogen and oxygen atoms in total. The number of nitrogens with zero attached hydrogens (tertiary/aromatic N) is 2. The number of hydrogen-bond donors (Lipinski definition) is 1. The Labute approximate surface area is 148 Å². The van der Waals surface area contributed by atoms with Gasteiger partial charge in [0.15, 0.2) is 0 Å². The highest BCUT2D eigenvalue weighted by Crippen LogP contribution is 2.29. The summed E-state index contributed by atoms with van der Waals surface area (Å²) in [5.41, 5.74) is 2.62. The van der Waals surface area contributed by atoms with Crippen molar-refractivity contribution in [1.29, 1.82) is 0 Å². The molecular weight excluding hydrogens is 316 g/mol. The molecule has 1 saturated heterocycles. The normalized spacial score (nSPS) is 19.3. The van der Waals surface area contributed by atoms with Gasteiger partial charge >= 0.3 is 0 Å².